The highest BCUT2D eigenvalue weighted by molar-refractivity contribution is 6.09. The van der Waals surface area contributed by atoms with Gasteiger partial charge in [-0.1, -0.05) is 0 Å². The molecule has 1 fully saturated rings. The van der Waals surface area contributed by atoms with Crippen molar-refractivity contribution in [3.63, 3.8) is 0 Å². The lowest BCUT2D eigenvalue weighted by Crippen LogP contribution is -2.41. The Balaban J connectivity index is 1.80. The number of nitrogens with one attached hydrogen (secondary N) is 2. The van der Waals surface area contributed by atoms with Crippen LogP contribution in [0, 0.1) is 0 Å². The van der Waals surface area contributed by atoms with Gasteiger partial charge in [0.25, 0.3) is 5.91 Å². The number of hydrogen-bond acceptors (Lipinski definition) is 7. The normalized spacial score (nSPS) is 16.8. The summed E-state index contributed by atoms with van der Waals surface area (Å²) in [7, 11) is 1.39. The maximum atomic E-state index is 14.7. The first kappa shape index (κ1) is 26.4. The molecular formula is C26H28F3N3O5. The molecule has 198 valence electrons. The number of alkyl halides is 3. The van der Waals surface area contributed by atoms with Crippen LogP contribution < -0.4 is 15.5 Å². The molecule has 0 unspecified atom stereocenters. The van der Waals surface area contributed by atoms with E-state index < -0.39 is 23.2 Å². The maximum Gasteiger partial charge on any atom is 0.419 e. The van der Waals surface area contributed by atoms with E-state index in [-0.39, 0.29) is 40.5 Å². The number of hydrogen-bond donors (Lipinski definition) is 2. The number of ether oxygens (including phenoxy) is 2. The zero-order chi connectivity index (χ0) is 26.7. The highest BCUT2D eigenvalue weighted by atomic mass is 19.4. The van der Waals surface area contributed by atoms with E-state index in [4.69, 9.17) is 13.9 Å². The van der Waals surface area contributed by atoms with Crippen LogP contribution in [0.2, 0.25) is 0 Å². The highest BCUT2D eigenvalue weighted by Gasteiger charge is 2.42. The van der Waals surface area contributed by atoms with E-state index in [9.17, 15) is 22.8 Å². The molecule has 2 aliphatic heterocycles. The van der Waals surface area contributed by atoms with Crippen molar-refractivity contribution < 1.29 is 36.7 Å². The van der Waals surface area contributed by atoms with E-state index in [1.807, 2.05) is 0 Å². The van der Waals surface area contributed by atoms with Gasteiger partial charge >= 0.3 is 6.18 Å². The second-order valence-electron chi connectivity index (χ2n) is 8.76. The molecule has 2 aromatic rings. The Hall–Kier alpha value is -3.69. The van der Waals surface area contributed by atoms with Gasteiger partial charge in [-0.2, -0.15) is 13.2 Å². The molecule has 0 radical (unpaired) electrons. The number of allylic oxidation sites excluding steroid dienone is 2. The van der Waals surface area contributed by atoms with Gasteiger partial charge in [0.05, 0.1) is 30.2 Å². The molecule has 11 heteroatoms. The zero-order valence-electron chi connectivity index (χ0n) is 20.8. The molecular weight excluding hydrogens is 491 g/mol. The molecule has 1 amide bonds. The molecule has 1 aromatic heterocycles. The summed E-state index contributed by atoms with van der Waals surface area (Å²) in [5.74, 6) is 1.10. The monoisotopic (exact) mass is 519 g/mol. The minimum atomic E-state index is -4.83. The third-order valence-electron chi connectivity index (χ3n) is 6.55. The number of rotatable bonds is 7. The predicted molar refractivity (Wildman–Crippen MR) is 131 cm³/mol. The number of anilines is 1. The number of carbonyl (C=O) groups excluding carboxylic acids is 2. The lowest BCUT2D eigenvalue weighted by molar-refractivity contribution is -0.137. The molecule has 2 aliphatic rings. The molecule has 37 heavy (non-hydrogen) atoms. The van der Waals surface area contributed by atoms with E-state index >= 15 is 0 Å². The number of benzene rings is 1. The summed E-state index contributed by atoms with van der Waals surface area (Å²) in [6.07, 6.45) is -0.822. The Morgan fingerprint density at radius 1 is 1.32 bits per heavy atom. The van der Waals surface area contributed by atoms with Gasteiger partial charge in [0, 0.05) is 55.1 Å². The third kappa shape index (κ3) is 5.23. The van der Waals surface area contributed by atoms with Crippen LogP contribution in [0.25, 0.3) is 11.0 Å². The Morgan fingerprint density at radius 2 is 2.05 bits per heavy atom. The van der Waals surface area contributed by atoms with Gasteiger partial charge in [-0.15, -0.1) is 0 Å². The average molecular weight is 520 g/mol. The molecule has 0 aliphatic carbocycles. The van der Waals surface area contributed by atoms with E-state index in [1.54, 1.807) is 30.8 Å². The van der Waals surface area contributed by atoms with Crippen molar-refractivity contribution >= 4 is 28.5 Å². The highest BCUT2D eigenvalue weighted by Crippen LogP contribution is 2.44. The quantitative estimate of drug-likeness (QED) is 0.527. The molecule has 0 atom stereocenters. The van der Waals surface area contributed by atoms with E-state index in [2.05, 4.69) is 10.6 Å². The van der Waals surface area contributed by atoms with Crippen molar-refractivity contribution in [3.8, 4) is 0 Å². The lowest BCUT2D eigenvalue weighted by atomic mass is 9.96. The number of carbonyl (C=O) groups is 1. The van der Waals surface area contributed by atoms with E-state index in [0.717, 1.165) is 0 Å². The van der Waals surface area contributed by atoms with Crippen molar-refractivity contribution in [1.29, 1.82) is 0 Å². The van der Waals surface area contributed by atoms with Gasteiger partial charge in [-0.25, -0.2) is 4.79 Å². The average Bonchev–Trinajstić information content (AvgIpc) is 3.35. The molecule has 0 saturated carbocycles. The van der Waals surface area contributed by atoms with Gasteiger partial charge in [0.1, 0.15) is 17.0 Å². The SMILES string of the molecule is CCN(c1cc2occc2c(C(=O)NCC2=C(OC)C=C(C)NC2=C=O)c1C(F)(F)F)C1CCOCC1. The first-order valence-corrected chi connectivity index (χ1v) is 11.9. The van der Waals surface area contributed by atoms with Crippen LogP contribution in [0.15, 0.2) is 51.6 Å². The first-order chi connectivity index (χ1) is 17.7. The Bertz CT molecular complexity index is 1300. The standard InChI is InChI=1S/C26H28F3N3O5/c1-4-32(16-5-8-36-9-6-16)20-12-22-17(7-10-37-22)23(24(20)26(27,28)29)25(34)30-13-18-19(14-33)31-15(2)11-21(18)35-3/h7,10-12,16,31H,4-6,8-9,13H2,1-3H3,(H,30,34). The van der Waals surface area contributed by atoms with Crippen molar-refractivity contribution in [3.05, 3.63) is 58.3 Å². The van der Waals surface area contributed by atoms with Crippen LogP contribution in [0.5, 0.6) is 0 Å². The number of fused-ring (bicyclic) bond motifs is 1. The number of nitrogens with zero attached hydrogens (tertiary/aromatic N) is 1. The summed E-state index contributed by atoms with van der Waals surface area (Å²) in [5, 5.41) is 5.41. The number of amides is 1. The Labute approximate surface area is 211 Å². The maximum absolute atomic E-state index is 14.7. The van der Waals surface area contributed by atoms with Crippen LogP contribution in [-0.2, 0) is 20.4 Å². The fourth-order valence-corrected chi connectivity index (χ4v) is 4.89. The molecule has 4 rings (SSSR count). The van der Waals surface area contributed by atoms with Crippen molar-refractivity contribution in [2.45, 2.75) is 38.9 Å². The first-order valence-electron chi connectivity index (χ1n) is 11.9. The van der Waals surface area contributed by atoms with Gasteiger partial charge in [0.15, 0.2) is 5.94 Å². The van der Waals surface area contributed by atoms with Crippen LogP contribution in [-0.4, -0.2) is 51.3 Å². The zero-order valence-corrected chi connectivity index (χ0v) is 20.8. The second-order valence-corrected chi connectivity index (χ2v) is 8.76. The molecule has 1 aromatic carbocycles. The second kappa shape index (κ2) is 10.7. The van der Waals surface area contributed by atoms with Gasteiger partial charge in [-0.05, 0) is 38.8 Å². The van der Waals surface area contributed by atoms with Crippen molar-refractivity contribution in [2.24, 2.45) is 0 Å². The molecule has 0 spiro atoms. The lowest BCUT2D eigenvalue weighted by Gasteiger charge is -2.37. The number of furan rings is 1. The van der Waals surface area contributed by atoms with Gasteiger partial charge < -0.3 is 29.4 Å². The largest absolute Gasteiger partial charge is 0.496 e. The summed E-state index contributed by atoms with van der Waals surface area (Å²) in [5.41, 5.74) is -0.596. The number of dihydropyridines is 1. The third-order valence-corrected chi connectivity index (χ3v) is 6.55. The van der Waals surface area contributed by atoms with Crippen LogP contribution >= 0.6 is 0 Å². The number of halogens is 3. The molecule has 3 heterocycles. The van der Waals surface area contributed by atoms with Crippen LogP contribution in [0.1, 0.15) is 42.6 Å². The minimum absolute atomic E-state index is 0.0343. The molecule has 0 bridgehead atoms. The van der Waals surface area contributed by atoms with Crippen LogP contribution in [0.4, 0.5) is 18.9 Å². The summed E-state index contributed by atoms with van der Waals surface area (Å²) < 4.78 is 60.2. The number of methoxy groups -OCH3 is 1. The van der Waals surface area contributed by atoms with Gasteiger partial charge in [0.2, 0.25) is 0 Å². The van der Waals surface area contributed by atoms with Crippen molar-refractivity contribution in [1.82, 2.24) is 10.6 Å². The Morgan fingerprint density at radius 3 is 2.68 bits per heavy atom. The van der Waals surface area contributed by atoms with Gasteiger partial charge in [-0.3, -0.25) is 4.79 Å². The summed E-state index contributed by atoms with van der Waals surface area (Å²) in [6, 6.07) is 2.52. The minimum Gasteiger partial charge on any atom is -0.496 e. The summed E-state index contributed by atoms with van der Waals surface area (Å²) >= 11 is 0. The molecule has 1 saturated heterocycles. The summed E-state index contributed by atoms with van der Waals surface area (Å²) in [6.45, 7) is 4.42. The predicted octanol–water partition coefficient (Wildman–Crippen LogP) is 4.31. The molecule has 2 N–H and O–H groups in total. The summed E-state index contributed by atoms with van der Waals surface area (Å²) in [4.78, 5) is 26.6. The van der Waals surface area contributed by atoms with E-state index in [0.29, 0.717) is 44.1 Å². The molecule has 8 nitrogen and oxygen atoms in total. The van der Waals surface area contributed by atoms with E-state index in [1.165, 1.54) is 25.5 Å². The van der Waals surface area contributed by atoms with Crippen molar-refractivity contribution in [2.75, 3.05) is 38.3 Å². The van der Waals surface area contributed by atoms with Crippen LogP contribution in [0.3, 0.4) is 0 Å². The fraction of sp³-hybridized carbons (Fsp3) is 0.423. The Kier molecular flexibility index (Phi) is 7.65. The topological polar surface area (TPSA) is 93.0 Å². The fourth-order valence-electron chi connectivity index (χ4n) is 4.89. The smallest absolute Gasteiger partial charge is 0.419 e.